The normalized spacial score (nSPS) is 11.7. The number of rotatable bonds is 3. The van der Waals surface area contributed by atoms with Crippen molar-refractivity contribution in [2.75, 3.05) is 6.54 Å². The van der Waals surface area contributed by atoms with Gasteiger partial charge in [0.15, 0.2) is 0 Å². The van der Waals surface area contributed by atoms with E-state index in [9.17, 15) is 8.42 Å². The SMILES string of the molecule is CCNS(=O)(=O)c1cc(Cl)c(Br)cc1C. The molecule has 0 atom stereocenters. The first kappa shape index (κ1) is 13.0. The summed E-state index contributed by atoms with van der Waals surface area (Å²) < 4.78 is 26.6. The van der Waals surface area contributed by atoms with Gasteiger partial charge in [-0.1, -0.05) is 18.5 Å². The van der Waals surface area contributed by atoms with E-state index in [-0.39, 0.29) is 4.90 Å². The highest BCUT2D eigenvalue weighted by Gasteiger charge is 2.17. The Morgan fingerprint density at radius 2 is 2.07 bits per heavy atom. The Morgan fingerprint density at radius 1 is 1.47 bits per heavy atom. The van der Waals surface area contributed by atoms with Gasteiger partial charge >= 0.3 is 0 Å². The van der Waals surface area contributed by atoms with E-state index in [4.69, 9.17) is 11.6 Å². The second kappa shape index (κ2) is 4.82. The second-order valence-corrected chi connectivity index (χ2v) is 6.03. The van der Waals surface area contributed by atoms with Crippen LogP contribution in [0.15, 0.2) is 21.5 Å². The molecule has 0 amide bonds. The van der Waals surface area contributed by atoms with Crippen molar-refractivity contribution >= 4 is 37.6 Å². The topological polar surface area (TPSA) is 46.2 Å². The van der Waals surface area contributed by atoms with Crippen molar-refractivity contribution in [3.05, 3.63) is 27.2 Å². The smallest absolute Gasteiger partial charge is 0.211 e. The molecule has 0 fully saturated rings. The van der Waals surface area contributed by atoms with Crippen LogP contribution in [0.1, 0.15) is 12.5 Å². The molecule has 0 radical (unpaired) electrons. The quantitative estimate of drug-likeness (QED) is 0.933. The number of nitrogens with one attached hydrogen (secondary N) is 1. The molecule has 84 valence electrons. The van der Waals surface area contributed by atoms with Gasteiger partial charge in [-0.15, -0.1) is 0 Å². The van der Waals surface area contributed by atoms with Crippen LogP contribution in [-0.2, 0) is 10.0 Å². The van der Waals surface area contributed by atoms with Gasteiger partial charge in [-0.2, -0.15) is 0 Å². The lowest BCUT2D eigenvalue weighted by molar-refractivity contribution is 0.583. The predicted molar refractivity (Wildman–Crippen MR) is 64.8 cm³/mol. The zero-order valence-corrected chi connectivity index (χ0v) is 11.5. The molecule has 0 saturated carbocycles. The molecule has 0 unspecified atom stereocenters. The highest BCUT2D eigenvalue weighted by atomic mass is 79.9. The fourth-order valence-electron chi connectivity index (χ4n) is 1.19. The summed E-state index contributed by atoms with van der Waals surface area (Å²) in [4.78, 5) is 0.220. The molecular weight excluding hydrogens is 302 g/mol. The van der Waals surface area contributed by atoms with Gasteiger partial charge in [-0.3, -0.25) is 0 Å². The van der Waals surface area contributed by atoms with Crippen LogP contribution in [-0.4, -0.2) is 15.0 Å². The number of aryl methyl sites for hydroxylation is 1. The van der Waals surface area contributed by atoms with Crippen molar-refractivity contribution in [1.29, 1.82) is 0 Å². The van der Waals surface area contributed by atoms with Crippen molar-refractivity contribution in [1.82, 2.24) is 4.72 Å². The highest BCUT2D eigenvalue weighted by Crippen LogP contribution is 2.28. The molecule has 15 heavy (non-hydrogen) atoms. The maximum Gasteiger partial charge on any atom is 0.240 e. The Bertz CT molecular complexity index is 473. The van der Waals surface area contributed by atoms with Crippen LogP contribution >= 0.6 is 27.5 Å². The van der Waals surface area contributed by atoms with Gasteiger partial charge in [0, 0.05) is 11.0 Å². The second-order valence-electron chi connectivity index (χ2n) is 3.03. The molecule has 0 aliphatic rings. The van der Waals surface area contributed by atoms with Crippen LogP contribution in [0.25, 0.3) is 0 Å². The van der Waals surface area contributed by atoms with Gasteiger partial charge in [0.05, 0.1) is 9.92 Å². The van der Waals surface area contributed by atoms with Crippen LogP contribution in [0.4, 0.5) is 0 Å². The van der Waals surface area contributed by atoms with E-state index in [2.05, 4.69) is 20.7 Å². The van der Waals surface area contributed by atoms with E-state index < -0.39 is 10.0 Å². The lowest BCUT2D eigenvalue weighted by atomic mass is 10.2. The van der Waals surface area contributed by atoms with E-state index in [1.807, 2.05) is 0 Å². The number of benzene rings is 1. The van der Waals surface area contributed by atoms with Crippen molar-refractivity contribution in [2.24, 2.45) is 0 Å². The Hall–Kier alpha value is -0.100. The van der Waals surface area contributed by atoms with Crippen molar-refractivity contribution in [2.45, 2.75) is 18.7 Å². The number of sulfonamides is 1. The molecule has 1 aromatic carbocycles. The molecule has 1 rings (SSSR count). The minimum atomic E-state index is -3.44. The van der Waals surface area contributed by atoms with E-state index in [1.165, 1.54) is 6.07 Å². The molecule has 0 bridgehead atoms. The summed E-state index contributed by atoms with van der Waals surface area (Å²) in [6.45, 7) is 3.81. The van der Waals surface area contributed by atoms with E-state index in [0.717, 1.165) is 0 Å². The number of hydrogen-bond acceptors (Lipinski definition) is 2. The van der Waals surface area contributed by atoms with Crippen molar-refractivity contribution in [3.63, 3.8) is 0 Å². The van der Waals surface area contributed by atoms with Gasteiger partial charge < -0.3 is 0 Å². The largest absolute Gasteiger partial charge is 0.240 e. The lowest BCUT2D eigenvalue weighted by Gasteiger charge is -2.09. The summed E-state index contributed by atoms with van der Waals surface area (Å²) in [5.41, 5.74) is 0.659. The monoisotopic (exact) mass is 311 g/mol. The first-order valence-corrected chi connectivity index (χ1v) is 6.99. The summed E-state index contributed by atoms with van der Waals surface area (Å²) in [7, 11) is -3.44. The maximum absolute atomic E-state index is 11.7. The van der Waals surface area contributed by atoms with Crippen molar-refractivity contribution < 1.29 is 8.42 Å². The third kappa shape index (κ3) is 2.93. The number of hydrogen-bond donors (Lipinski definition) is 1. The molecule has 0 saturated heterocycles. The van der Waals surface area contributed by atoms with Crippen LogP contribution in [0, 0.1) is 6.92 Å². The lowest BCUT2D eigenvalue weighted by Crippen LogP contribution is -2.23. The standard InChI is InChI=1S/C9H11BrClNO2S/c1-3-12-15(13,14)9-5-8(11)7(10)4-6(9)2/h4-5,12H,3H2,1-2H3. The first-order valence-electron chi connectivity index (χ1n) is 4.33. The fourth-order valence-corrected chi connectivity index (χ4v) is 3.16. The average molecular weight is 313 g/mol. The highest BCUT2D eigenvalue weighted by molar-refractivity contribution is 9.10. The molecule has 3 nitrogen and oxygen atoms in total. The average Bonchev–Trinajstić information content (AvgIpc) is 2.11. The predicted octanol–water partition coefficient (Wildman–Crippen LogP) is 2.71. The zero-order chi connectivity index (χ0) is 11.6. The molecular formula is C9H11BrClNO2S. The maximum atomic E-state index is 11.7. The molecule has 0 aliphatic heterocycles. The Balaban J connectivity index is 3.33. The summed E-state index contributed by atoms with van der Waals surface area (Å²) in [6, 6.07) is 3.13. The van der Waals surface area contributed by atoms with Crippen LogP contribution in [0.5, 0.6) is 0 Å². The van der Waals surface area contributed by atoms with Crippen LogP contribution < -0.4 is 4.72 Å². The molecule has 1 N–H and O–H groups in total. The summed E-state index contributed by atoms with van der Waals surface area (Å²) >= 11 is 9.09. The molecule has 0 heterocycles. The minimum Gasteiger partial charge on any atom is -0.211 e. The Labute approximate surface area is 103 Å². The summed E-state index contributed by atoms with van der Waals surface area (Å²) in [5, 5.41) is 0.386. The van der Waals surface area contributed by atoms with Gasteiger partial charge in [-0.05, 0) is 40.5 Å². The molecule has 0 spiro atoms. The van der Waals surface area contributed by atoms with E-state index in [0.29, 0.717) is 21.6 Å². The molecule has 1 aromatic rings. The van der Waals surface area contributed by atoms with Gasteiger partial charge in [0.2, 0.25) is 10.0 Å². The van der Waals surface area contributed by atoms with E-state index >= 15 is 0 Å². The van der Waals surface area contributed by atoms with Crippen LogP contribution in [0.3, 0.4) is 0 Å². The van der Waals surface area contributed by atoms with Crippen LogP contribution in [0.2, 0.25) is 5.02 Å². The summed E-state index contributed by atoms with van der Waals surface area (Å²) in [5.74, 6) is 0. The zero-order valence-electron chi connectivity index (χ0n) is 8.34. The van der Waals surface area contributed by atoms with Gasteiger partial charge in [0.25, 0.3) is 0 Å². The summed E-state index contributed by atoms with van der Waals surface area (Å²) in [6.07, 6.45) is 0. The molecule has 6 heteroatoms. The third-order valence-electron chi connectivity index (χ3n) is 1.84. The Kier molecular flexibility index (Phi) is 4.17. The first-order chi connectivity index (χ1) is 6.88. The fraction of sp³-hybridized carbons (Fsp3) is 0.333. The van der Waals surface area contributed by atoms with E-state index in [1.54, 1.807) is 19.9 Å². The number of halogens is 2. The third-order valence-corrected chi connectivity index (χ3v) is 4.73. The van der Waals surface area contributed by atoms with Crippen molar-refractivity contribution in [3.8, 4) is 0 Å². The minimum absolute atomic E-state index is 0.220. The van der Waals surface area contributed by atoms with Gasteiger partial charge in [-0.25, -0.2) is 13.1 Å². The van der Waals surface area contributed by atoms with Gasteiger partial charge in [0.1, 0.15) is 0 Å². The Morgan fingerprint density at radius 3 is 2.60 bits per heavy atom. The molecule has 0 aromatic heterocycles. The molecule has 0 aliphatic carbocycles.